The van der Waals surface area contributed by atoms with Crippen molar-refractivity contribution in [2.75, 3.05) is 18.0 Å². The summed E-state index contributed by atoms with van der Waals surface area (Å²) in [4.78, 5) is 14.4. The van der Waals surface area contributed by atoms with Crippen LogP contribution in [0.15, 0.2) is 42.5 Å². The van der Waals surface area contributed by atoms with Gasteiger partial charge < -0.3 is 19.8 Å². The largest absolute Gasteiger partial charge is 0.507 e. The van der Waals surface area contributed by atoms with Crippen molar-refractivity contribution in [1.29, 1.82) is 0 Å². The van der Waals surface area contributed by atoms with Crippen molar-refractivity contribution in [2.45, 2.75) is 45.3 Å². The number of ether oxygens (including phenoxy) is 1. The monoisotopic (exact) mass is 369 g/mol. The summed E-state index contributed by atoms with van der Waals surface area (Å²) in [5, 5.41) is 21.7. The van der Waals surface area contributed by atoms with Crippen molar-refractivity contribution >= 4 is 11.7 Å². The topological polar surface area (TPSA) is 70.0 Å². The number of benzene rings is 2. The van der Waals surface area contributed by atoms with Crippen LogP contribution in [0.5, 0.6) is 5.75 Å². The van der Waals surface area contributed by atoms with E-state index in [0.29, 0.717) is 11.1 Å². The van der Waals surface area contributed by atoms with E-state index in [0.717, 1.165) is 44.5 Å². The fourth-order valence-corrected chi connectivity index (χ4v) is 3.47. The summed E-state index contributed by atoms with van der Waals surface area (Å²) in [5.74, 6) is -2.64. The van der Waals surface area contributed by atoms with Gasteiger partial charge in [0, 0.05) is 30.4 Å². The molecule has 1 aliphatic rings. The van der Waals surface area contributed by atoms with Crippen LogP contribution in [0.3, 0.4) is 0 Å². The van der Waals surface area contributed by atoms with Crippen LogP contribution >= 0.6 is 0 Å². The van der Waals surface area contributed by atoms with Gasteiger partial charge in [-0.05, 0) is 31.0 Å². The second-order valence-electron chi connectivity index (χ2n) is 6.97. The number of phenolic OH excluding ortho intramolecular Hbond substituents is 1. The molecule has 1 heterocycles. The molecule has 0 bridgehead atoms. The maximum absolute atomic E-state index is 12.1. The van der Waals surface area contributed by atoms with Crippen LogP contribution in [0.25, 0.3) is 0 Å². The van der Waals surface area contributed by atoms with Gasteiger partial charge in [-0.1, -0.05) is 44.9 Å². The lowest BCUT2D eigenvalue weighted by Gasteiger charge is -2.27. The third-order valence-electron chi connectivity index (χ3n) is 5.03. The molecule has 5 heteroatoms. The Bertz CT molecular complexity index is 812. The molecule has 0 saturated heterocycles. The number of carbonyl (C=O) groups is 1. The van der Waals surface area contributed by atoms with Gasteiger partial charge >= 0.3 is 5.97 Å². The van der Waals surface area contributed by atoms with Crippen molar-refractivity contribution in [2.24, 2.45) is 0 Å². The first-order valence-electron chi connectivity index (χ1n) is 9.65. The first kappa shape index (κ1) is 19.2. The fourth-order valence-electron chi connectivity index (χ4n) is 3.47. The highest BCUT2D eigenvalue weighted by Gasteiger charge is 2.47. The normalized spacial score (nSPS) is 18.3. The van der Waals surface area contributed by atoms with Gasteiger partial charge in [0.05, 0.1) is 11.1 Å². The molecule has 2 N–H and O–H groups in total. The predicted octanol–water partition coefficient (Wildman–Crippen LogP) is 4.16. The van der Waals surface area contributed by atoms with E-state index in [1.807, 2.05) is 6.07 Å². The van der Waals surface area contributed by atoms with Gasteiger partial charge in [-0.15, -0.1) is 0 Å². The van der Waals surface area contributed by atoms with Crippen LogP contribution in [-0.2, 0) is 10.5 Å². The quantitative estimate of drug-likeness (QED) is 0.684. The molecule has 0 spiro atoms. The van der Waals surface area contributed by atoms with Crippen molar-refractivity contribution in [3.8, 4) is 5.75 Å². The molecule has 2 aromatic carbocycles. The Labute approximate surface area is 160 Å². The first-order valence-corrected chi connectivity index (χ1v) is 9.65. The Hall–Kier alpha value is -2.53. The zero-order valence-electron chi connectivity index (χ0n) is 15.9. The van der Waals surface area contributed by atoms with Gasteiger partial charge in [0.2, 0.25) is 0 Å². The van der Waals surface area contributed by atoms with Crippen LogP contribution in [-0.4, -0.2) is 29.3 Å². The van der Waals surface area contributed by atoms with Gasteiger partial charge in [0.1, 0.15) is 5.75 Å². The molecule has 0 aliphatic carbocycles. The summed E-state index contributed by atoms with van der Waals surface area (Å²) in [5.41, 5.74) is 1.75. The summed E-state index contributed by atoms with van der Waals surface area (Å²) < 4.78 is 5.26. The zero-order valence-corrected chi connectivity index (χ0v) is 15.9. The lowest BCUT2D eigenvalue weighted by atomic mass is 9.94. The molecule has 144 valence electrons. The van der Waals surface area contributed by atoms with Gasteiger partial charge in [-0.25, -0.2) is 4.79 Å². The molecule has 0 radical (unpaired) electrons. The average molecular weight is 369 g/mol. The molecule has 0 aromatic heterocycles. The van der Waals surface area contributed by atoms with Crippen LogP contribution in [0, 0.1) is 0 Å². The Morgan fingerprint density at radius 3 is 2.30 bits per heavy atom. The minimum absolute atomic E-state index is 0.0856. The second-order valence-corrected chi connectivity index (χ2v) is 6.97. The number of phenols is 1. The molecule has 3 rings (SSSR count). The molecule has 5 nitrogen and oxygen atoms in total. The molecule has 2 aromatic rings. The number of carbonyl (C=O) groups excluding carboxylic acids is 1. The minimum Gasteiger partial charge on any atom is -0.507 e. The molecule has 0 fully saturated rings. The highest BCUT2D eigenvalue weighted by atomic mass is 16.7. The summed E-state index contributed by atoms with van der Waals surface area (Å²) in [6, 6.07) is 11.9. The number of aromatic hydroxyl groups is 1. The zero-order chi connectivity index (χ0) is 19.4. The van der Waals surface area contributed by atoms with Gasteiger partial charge in [-0.3, -0.25) is 0 Å². The van der Waals surface area contributed by atoms with Gasteiger partial charge in [0.25, 0.3) is 5.79 Å². The van der Waals surface area contributed by atoms with E-state index in [9.17, 15) is 15.0 Å². The maximum Gasteiger partial charge on any atom is 0.341 e. The number of aliphatic hydroxyl groups is 1. The van der Waals surface area contributed by atoms with Crippen LogP contribution in [0.4, 0.5) is 5.69 Å². The summed E-state index contributed by atoms with van der Waals surface area (Å²) in [6.07, 6.45) is 4.33. The van der Waals surface area contributed by atoms with E-state index in [2.05, 4.69) is 18.7 Å². The smallest absolute Gasteiger partial charge is 0.341 e. The van der Waals surface area contributed by atoms with E-state index < -0.39 is 11.8 Å². The third kappa shape index (κ3) is 3.65. The van der Waals surface area contributed by atoms with Crippen LogP contribution in [0.1, 0.15) is 61.0 Å². The standard InChI is InChI=1S/C22H27NO4/c1-3-5-13-23(14-6-4-2)16-11-12-19(20(24)15-16)22(26)18-10-8-7-9-17(18)21(25)27-22/h7-12,15,24,26H,3-6,13-14H2,1-2H3. The van der Waals surface area contributed by atoms with E-state index in [4.69, 9.17) is 4.74 Å². The molecule has 1 aliphatic heterocycles. The fraction of sp³-hybridized carbons (Fsp3) is 0.409. The van der Waals surface area contributed by atoms with Crippen molar-refractivity contribution < 1.29 is 19.7 Å². The number of hydrogen-bond acceptors (Lipinski definition) is 5. The molecule has 27 heavy (non-hydrogen) atoms. The Morgan fingerprint density at radius 1 is 1.00 bits per heavy atom. The van der Waals surface area contributed by atoms with E-state index in [1.165, 1.54) is 0 Å². The molecule has 1 unspecified atom stereocenters. The van der Waals surface area contributed by atoms with E-state index >= 15 is 0 Å². The summed E-state index contributed by atoms with van der Waals surface area (Å²) in [7, 11) is 0. The van der Waals surface area contributed by atoms with Crippen molar-refractivity contribution in [1.82, 2.24) is 0 Å². The highest BCUT2D eigenvalue weighted by Crippen LogP contribution is 2.43. The predicted molar refractivity (Wildman–Crippen MR) is 105 cm³/mol. The third-order valence-corrected chi connectivity index (χ3v) is 5.03. The summed E-state index contributed by atoms with van der Waals surface area (Å²) in [6.45, 7) is 6.13. The second kappa shape index (κ2) is 8.01. The van der Waals surface area contributed by atoms with Crippen LogP contribution < -0.4 is 4.90 Å². The number of esters is 1. The molecule has 0 amide bonds. The number of fused-ring (bicyclic) bond motifs is 1. The average Bonchev–Trinajstić information content (AvgIpc) is 2.93. The van der Waals surface area contributed by atoms with E-state index in [-0.39, 0.29) is 11.3 Å². The van der Waals surface area contributed by atoms with Gasteiger partial charge in [-0.2, -0.15) is 0 Å². The number of unbranched alkanes of at least 4 members (excludes halogenated alkanes) is 2. The Morgan fingerprint density at radius 2 is 1.67 bits per heavy atom. The van der Waals surface area contributed by atoms with Crippen molar-refractivity contribution in [3.05, 3.63) is 59.2 Å². The number of nitrogens with zero attached hydrogens (tertiary/aromatic N) is 1. The Balaban J connectivity index is 1.94. The van der Waals surface area contributed by atoms with E-state index in [1.54, 1.807) is 36.4 Å². The molecule has 1 atom stereocenters. The number of anilines is 1. The highest BCUT2D eigenvalue weighted by molar-refractivity contribution is 5.95. The SMILES string of the molecule is CCCCN(CCCC)c1ccc(C2(O)OC(=O)c3ccccc32)c(O)c1. The summed E-state index contributed by atoms with van der Waals surface area (Å²) >= 11 is 0. The lowest BCUT2D eigenvalue weighted by Crippen LogP contribution is -2.28. The molecular formula is C22H27NO4. The number of rotatable bonds is 8. The first-order chi connectivity index (χ1) is 13.0. The van der Waals surface area contributed by atoms with Gasteiger partial charge in [0.15, 0.2) is 0 Å². The number of cyclic esters (lactones) is 1. The lowest BCUT2D eigenvalue weighted by molar-refractivity contribution is -0.130. The molecule has 0 saturated carbocycles. The molecular weight excluding hydrogens is 342 g/mol. The van der Waals surface area contributed by atoms with Crippen LogP contribution in [0.2, 0.25) is 0 Å². The number of hydrogen-bond donors (Lipinski definition) is 2. The Kier molecular flexibility index (Phi) is 5.71. The maximum atomic E-state index is 12.1. The van der Waals surface area contributed by atoms with Crippen molar-refractivity contribution in [3.63, 3.8) is 0 Å². The minimum atomic E-state index is -1.96.